The van der Waals surface area contributed by atoms with Crippen LogP contribution in [-0.4, -0.2) is 40.1 Å². The van der Waals surface area contributed by atoms with Crippen molar-refractivity contribution in [2.24, 2.45) is 0 Å². The molecule has 3 amide bonds. The van der Waals surface area contributed by atoms with Crippen LogP contribution < -0.4 is 0 Å². The molecule has 1 aliphatic rings. The minimum atomic E-state index is -0.533. The number of nitrogens with zero attached hydrogens (tertiary/aromatic N) is 1. The smallest absolute Gasteiger partial charge is 0.236 e. The fourth-order valence-corrected chi connectivity index (χ4v) is 1.65. The van der Waals surface area contributed by atoms with Crippen LogP contribution >= 0.6 is 0 Å². The van der Waals surface area contributed by atoms with E-state index >= 15 is 0 Å². The normalized spacial score (nSPS) is 15.5. The SMILES string of the molecule is O=C(CCO)CCCC(=O)N1C(=O)CCC1=O. The Bertz CT molecular complexity index is 334. The van der Waals surface area contributed by atoms with Crippen LogP contribution in [0.15, 0.2) is 0 Å². The lowest BCUT2D eigenvalue weighted by molar-refractivity contribution is -0.149. The van der Waals surface area contributed by atoms with Gasteiger partial charge in [0.1, 0.15) is 5.78 Å². The number of carbonyl (C=O) groups excluding carboxylic acids is 4. The molecule has 94 valence electrons. The fraction of sp³-hybridized carbons (Fsp3) is 0.636. The van der Waals surface area contributed by atoms with Crippen LogP contribution in [0.1, 0.15) is 38.5 Å². The molecule has 0 radical (unpaired) electrons. The molecule has 1 heterocycles. The molecule has 0 aromatic rings. The summed E-state index contributed by atoms with van der Waals surface area (Å²) in [6.45, 7) is -0.199. The summed E-state index contributed by atoms with van der Waals surface area (Å²) in [7, 11) is 0. The number of likely N-dealkylation sites (tertiary alicyclic amines) is 1. The molecule has 0 saturated carbocycles. The van der Waals surface area contributed by atoms with Crippen molar-refractivity contribution in [3.05, 3.63) is 0 Å². The lowest BCUT2D eigenvalue weighted by Crippen LogP contribution is -2.35. The van der Waals surface area contributed by atoms with E-state index < -0.39 is 17.7 Å². The van der Waals surface area contributed by atoms with Gasteiger partial charge in [-0.3, -0.25) is 19.2 Å². The molecule has 6 heteroatoms. The summed E-state index contributed by atoms with van der Waals surface area (Å²) in [5.74, 6) is -1.57. The second-order valence-electron chi connectivity index (χ2n) is 3.88. The van der Waals surface area contributed by atoms with E-state index in [9.17, 15) is 19.2 Å². The molecular weight excluding hydrogens is 226 g/mol. The second kappa shape index (κ2) is 6.24. The van der Waals surface area contributed by atoms with Crippen LogP contribution in [0.5, 0.6) is 0 Å². The lowest BCUT2D eigenvalue weighted by atomic mass is 10.1. The van der Waals surface area contributed by atoms with Crippen molar-refractivity contribution in [1.82, 2.24) is 4.90 Å². The van der Waals surface area contributed by atoms with Crippen LogP contribution in [0.2, 0.25) is 0 Å². The molecule has 17 heavy (non-hydrogen) atoms. The van der Waals surface area contributed by atoms with Gasteiger partial charge in [-0.15, -0.1) is 0 Å². The molecule has 0 unspecified atom stereocenters. The Morgan fingerprint density at radius 2 is 1.65 bits per heavy atom. The molecule has 0 atom stereocenters. The number of aliphatic hydroxyl groups excluding tert-OH is 1. The Kier molecular flexibility index (Phi) is 4.96. The molecule has 1 fully saturated rings. The molecule has 0 aromatic carbocycles. The minimum Gasteiger partial charge on any atom is -0.396 e. The molecule has 0 aromatic heterocycles. The number of hydrogen-bond acceptors (Lipinski definition) is 5. The summed E-state index contributed by atoms with van der Waals surface area (Å²) in [6, 6.07) is 0. The van der Waals surface area contributed by atoms with E-state index in [0.29, 0.717) is 11.3 Å². The molecule has 1 aliphatic heterocycles. The zero-order valence-corrected chi connectivity index (χ0v) is 9.48. The van der Waals surface area contributed by atoms with E-state index in [1.54, 1.807) is 0 Å². The van der Waals surface area contributed by atoms with Gasteiger partial charge in [0, 0.05) is 38.7 Å². The second-order valence-corrected chi connectivity index (χ2v) is 3.88. The van der Waals surface area contributed by atoms with Crippen LogP contribution in [-0.2, 0) is 19.2 Å². The number of amides is 3. The zero-order chi connectivity index (χ0) is 12.8. The first-order chi connectivity index (χ1) is 8.06. The van der Waals surface area contributed by atoms with Crippen molar-refractivity contribution in [2.75, 3.05) is 6.61 Å². The van der Waals surface area contributed by atoms with Crippen LogP contribution in [0.3, 0.4) is 0 Å². The molecule has 0 bridgehead atoms. The molecule has 6 nitrogen and oxygen atoms in total. The first-order valence-electron chi connectivity index (χ1n) is 5.57. The van der Waals surface area contributed by atoms with E-state index in [4.69, 9.17) is 5.11 Å². The van der Waals surface area contributed by atoms with Gasteiger partial charge < -0.3 is 5.11 Å². The summed E-state index contributed by atoms with van der Waals surface area (Å²) >= 11 is 0. The highest BCUT2D eigenvalue weighted by molar-refractivity contribution is 6.15. The Balaban J connectivity index is 2.32. The van der Waals surface area contributed by atoms with Crippen molar-refractivity contribution in [3.63, 3.8) is 0 Å². The predicted molar refractivity (Wildman–Crippen MR) is 56.7 cm³/mol. The zero-order valence-electron chi connectivity index (χ0n) is 9.48. The Hall–Kier alpha value is -1.56. The maximum absolute atomic E-state index is 11.5. The van der Waals surface area contributed by atoms with Crippen LogP contribution in [0, 0.1) is 0 Å². The van der Waals surface area contributed by atoms with Crippen molar-refractivity contribution in [1.29, 1.82) is 0 Å². The number of imide groups is 3. The van der Waals surface area contributed by atoms with Gasteiger partial charge in [-0.2, -0.15) is 0 Å². The largest absolute Gasteiger partial charge is 0.396 e. The van der Waals surface area contributed by atoms with E-state index in [1.807, 2.05) is 0 Å². The first kappa shape index (κ1) is 13.5. The van der Waals surface area contributed by atoms with Crippen molar-refractivity contribution in [3.8, 4) is 0 Å². The maximum Gasteiger partial charge on any atom is 0.236 e. The topological polar surface area (TPSA) is 91.8 Å². The summed E-state index contributed by atoms with van der Waals surface area (Å²) in [5.41, 5.74) is 0. The number of ketones is 1. The molecular formula is C11H15NO5. The van der Waals surface area contributed by atoms with Crippen molar-refractivity contribution in [2.45, 2.75) is 38.5 Å². The first-order valence-corrected chi connectivity index (χ1v) is 5.57. The molecule has 1 N–H and O–H groups in total. The van der Waals surface area contributed by atoms with Crippen molar-refractivity contribution < 1.29 is 24.3 Å². The maximum atomic E-state index is 11.5. The van der Waals surface area contributed by atoms with Gasteiger partial charge in [-0.05, 0) is 6.42 Å². The molecule has 0 spiro atoms. The van der Waals surface area contributed by atoms with Crippen molar-refractivity contribution >= 4 is 23.5 Å². The average Bonchev–Trinajstić information content (AvgIpc) is 2.59. The predicted octanol–water partition coefficient (Wildman–Crippen LogP) is -0.216. The van der Waals surface area contributed by atoms with E-state index in [0.717, 1.165) is 0 Å². The number of Topliss-reactive ketones (excluding diaryl/α,β-unsaturated/α-hetero) is 1. The van der Waals surface area contributed by atoms with E-state index in [2.05, 4.69) is 0 Å². The van der Waals surface area contributed by atoms with E-state index in [1.165, 1.54) is 0 Å². The van der Waals surface area contributed by atoms with Gasteiger partial charge in [0.25, 0.3) is 0 Å². The van der Waals surface area contributed by atoms with Gasteiger partial charge >= 0.3 is 0 Å². The third-order valence-electron chi connectivity index (χ3n) is 2.54. The summed E-state index contributed by atoms with van der Waals surface area (Å²) in [4.78, 5) is 45.7. The van der Waals surface area contributed by atoms with Gasteiger partial charge in [0.15, 0.2) is 0 Å². The standard InChI is InChI=1S/C11H15NO5/c13-7-6-8(14)2-1-3-9(15)12-10(16)4-5-11(12)17/h13H,1-7H2. The van der Waals surface area contributed by atoms with Gasteiger partial charge in [0.2, 0.25) is 17.7 Å². The minimum absolute atomic E-state index is 0.00858. The highest BCUT2D eigenvalue weighted by Gasteiger charge is 2.33. The third kappa shape index (κ3) is 3.74. The quantitative estimate of drug-likeness (QED) is 0.649. The summed E-state index contributed by atoms with van der Waals surface area (Å²) in [5, 5.41) is 8.50. The summed E-state index contributed by atoms with van der Waals surface area (Å²) in [6.07, 6.45) is 0.754. The average molecular weight is 241 g/mol. The molecule has 1 saturated heterocycles. The Morgan fingerprint density at radius 3 is 2.18 bits per heavy atom. The summed E-state index contributed by atoms with van der Waals surface area (Å²) < 4.78 is 0. The molecule has 1 rings (SSSR count). The number of carbonyl (C=O) groups is 4. The van der Waals surface area contributed by atoms with Gasteiger partial charge in [-0.25, -0.2) is 4.90 Å². The monoisotopic (exact) mass is 241 g/mol. The molecule has 0 aliphatic carbocycles. The number of hydrogen-bond donors (Lipinski definition) is 1. The fourth-order valence-electron chi connectivity index (χ4n) is 1.65. The van der Waals surface area contributed by atoms with E-state index in [-0.39, 0.29) is 44.5 Å². The highest BCUT2D eigenvalue weighted by Crippen LogP contribution is 2.14. The van der Waals surface area contributed by atoms with Crippen LogP contribution in [0.4, 0.5) is 0 Å². The Labute approximate surface area is 98.6 Å². The lowest BCUT2D eigenvalue weighted by Gasteiger charge is -2.10. The van der Waals surface area contributed by atoms with Gasteiger partial charge in [0.05, 0.1) is 0 Å². The Morgan fingerprint density at radius 1 is 1.06 bits per heavy atom. The number of rotatable bonds is 6. The van der Waals surface area contributed by atoms with Crippen LogP contribution in [0.25, 0.3) is 0 Å². The number of aliphatic hydroxyl groups is 1. The third-order valence-corrected chi connectivity index (χ3v) is 2.54. The van der Waals surface area contributed by atoms with Gasteiger partial charge in [-0.1, -0.05) is 0 Å². The highest BCUT2D eigenvalue weighted by atomic mass is 16.3.